The summed E-state index contributed by atoms with van der Waals surface area (Å²) in [7, 11) is 0. The van der Waals surface area contributed by atoms with Crippen LogP contribution in [-0.2, 0) is 0 Å². The fraction of sp³-hybridized carbons (Fsp3) is 0.222. The van der Waals surface area contributed by atoms with Crippen LogP contribution in [0, 0.1) is 18.2 Å². The van der Waals surface area contributed by atoms with Gasteiger partial charge >= 0.3 is 0 Å². The van der Waals surface area contributed by atoms with Gasteiger partial charge in [-0.15, -0.1) is 0 Å². The average molecular weight is 471 g/mol. The lowest BCUT2D eigenvalue weighted by Crippen LogP contribution is -2.47. The minimum Gasteiger partial charge on any atom is -0.368 e. The predicted octanol–water partition coefficient (Wildman–Crippen LogP) is 4.84. The predicted molar refractivity (Wildman–Crippen MR) is 137 cm³/mol. The molecular formula is C27H27FN6O. The summed E-state index contributed by atoms with van der Waals surface area (Å²) in [5, 5.41) is 16.8. The van der Waals surface area contributed by atoms with E-state index in [0.717, 1.165) is 42.6 Å². The topological polar surface area (TPSA) is 77.2 Å². The van der Waals surface area contributed by atoms with Crippen LogP contribution in [0.15, 0.2) is 66.7 Å². The highest BCUT2D eigenvalue weighted by Crippen LogP contribution is 2.25. The van der Waals surface area contributed by atoms with E-state index in [2.05, 4.69) is 20.2 Å². The van der Waals surface area contributed by atoms with Crippen LogP contribution in [0.2, 0.25) is 0 Å². The van der Waals surface area contributed by atoms with Crippen LogP contribution in [0.4, 0.5) is 15.8 Å². The van der Waals surface area contributed by atoms with Crippen LogP contribution in [0.25, 0.3) is 16.5 Å². The number of nitrogens with zero attached hydrogens (tertiary/aromatic N) is 4. The Morgan fingerprint density at radius 1 is 0.971 bits per heavy atom. The number of piperazine rings is 1. The lowest BCUT2D eigenvalue weighted by atomic mass is 10.1. The van der Waals surface area contributed by atoms with Gasteiger partial charge in [0.15, 0.2) is 0 Å². The van der Waals surface area contributed by atoms with Crippen LogP contribution < -0.4 is 10.2 Å². The standard InChI is InChI=1S/C27H27FN6O/c1-18-15-26(34(31-18)25-17-21-6-4-3-5-20(21)16-24(25)28)27(35)30-22-7-9-23(10-8-22)33-13-11-32(12-14-33)19(2)29/h3-10,15-17,29H,11-14H2,1-2H3,(H,30,35). The molecule has 8 heteroatoms. The van der Waals surface area contributed by atoms with Gasteiger partial charge in [-0.25, -0.2) is 9.07 Å². The number of benzene rings is 3. The number of nitrogens with one attached hydrogen (secondary N) is 2. The Hall–Kier alpha value is -4.20. The molecule has 1 amide bonds. The zero-order valence-corrected chi connectivity index (χ0v) is 19.8. The number of carbonyl (C=O) groups excluding carboxylic acids is 1. The van der Waals surface area contributed by atoms with Gasteiger partial charge in [0.05, 0.1) is 11.5 Å². The third-order valence-electron chi connectivity index (χ3n) is 6.35. The maximum absolute atomic E-state index is 15.0. The first-order valence-corrected chi connectivity index (χ1v) is 11.6. The summed E-state index contributed by atoms with van der Waals surface area (Å²) in [6, 6.07) is 20.0. The molecule has 0 atom stereocenters. The minimum absolute atomic E-state index is 0.233. The zero-order valence-electron chi connectivity index (χ0n) is 19.8. The number of carbonyl (C=O) groups is 1. The van der Waals surface area contributed by atoms with Gasteiger partial charge in [0.1, 0.15) is 17.2 Å². The summed E-state index contributed by atoms with van der Waals surface area (Å²) < 4.78 is 16.3. The second-order valence-corrected chi connectivity index (χ2v) is 8.79. The molecule has 0 spiro atoms. The highest BCUT2D eigenvalue weighted by molar-refractivity contribution is 6.03. The van der Waals surface area contributed by atoms with Crippen molar-refractivity contribution in [2.75, 3.05) is 36.4 Å². The SMILES string of the molecule is CC(=N)N1CCN(c2ccc(NC(=O)c3cc(C)nn3-c3cc4ccccc4cc3F)cc2)CC1. The molecule has 0 aliphatic carbocycles. The summed E-state index contributed by atoms with van der Waals surface area (Å²) in [4.78, 5) is 17.5. The quantitative estimate of drug-likeness (QED) is 0.330. The van der Waals surface area contributed by atoms with Gasteiger partial charge in [0.2, 0.25) is 0 Å². The Balaban J connectivity index is 1.34. The van der Waals surface area contributed by atoms with Gasteiger partial charge in [-0.05, 0) is 67.1 Å². The largest absolute Gasteiger partial charge is 0.368 e. The third-order valence-corrected chi connectivity index (χ3v) is 6.35. The number of amidine groups is 1. The average Bonchev–Trinajstić information content (AvgIpc) is 3.25. The number of halogens is 1. The molecule has 1 aromatic heterocycles. The Bertz CT molecular complexity index is 1400. The van der Waals surface area contributed by atoms with E-state index in [4.69, 9.17) is 5.41 Å². The van der Waals surface area contributed by atoms with E-state index in [9.17, 15) is 9.18 Å². The number of amides is 1. The first kappa shape index (κ1) is 22.6. The van der Waals surface area contributed by atoms with Crippen LogP contribution in [0.5, 0.6) is 0 Å². The first-order chi connectivity index (χ1) is 16.9. The van der Waals surface area contributed by atoms with Crippen molar-refractivity contribution < 1.29 is 9.18 Å². The number of aryl methyl sites for hydroxylation is 1. The van der Waals surface area contributed by atoms with Crippen LogP contribution in [0.3, 0.4) is 0 Å². The van der Waals surface area contributed by atoms with Gasteiger partial charge in [-0.2, -0.15) is 5.10 Å². The van der Waals surface area contributed by atoms with Gasteiger partial charge in [-0.3, -0.25) is 10.2 Å². The molecule has 7 nitrogen and oxygen atoms in total. The molecule has 0 bridgehead atoms. The second kappa shape index (κ2) is 9.21. The molecule has 1 aliphatic heterocycles. The van der Waals surface area contributed by atoms with E-state index in [1.807, 2.05) is 55.5 Å². The molecule has 1 fully saturated rings. The van der Waals surface area contributed by atoms with Crippen molar-refractivity contribution in [3.05, 3.63) is 83.9 Å². The molecule has 4 aromatic rings. The summed E-state index contributed by atoms with van der Waals surface area (Å²) in [6.07, 6.45) is 0. The van der Waals surface area contributed by atoms with Crippen molar-refractivity contribution in [3.63, 3.8) is 0 Å². The van der Waals surface area contributed by atoms with Crippen molar-refractivity contribution in [1.29, 1.82) is 5.41 Å². The molecule has 0 radical (unpaired) electrons. The molecule has 2 heterocycles. The van der Waals surface area contributed by atoms with E-state index in [1.54, 1.807) is 19.1 Å². The van der Waals surface area contributed by atoms with Gasteiger partial charge < -0.3 is 15.1 Å². The number of rotatable bonds is 4. The summed E-state index contributed by atoms with van der Waals surface area (Å²) in [5.74, 6) is -0.203. The zero-order chi connectivity index (χ0) is 24.5. The molecular weight excluding hydrogens is 443 g/mol. The first-order valence-electron chi connectivity index (χ1n) is 11.6. The smallest absolute Gasteiger partial charge is 0.274 e. The Kier molecular flexibility index (Phi) is 5.94. The number of aromatic nitrogens is 2. The fourth-order valence-corrected chi connectivity index (χ4v) is 4.46. The molecule has 0 unspecified atom stereocenters. The van der Waals surface area contributed by atoms with Crippen molar-refractivity contribution >= 4 is 33.9 Å². The molecule has 1 aliphatic rings. The van der Waals surface area contributed by atoms with Crippen molar-refractivity contribution in [1.82, 2.24) is 14.7 Å². The highest BCUT2D eigenvalue weighted by atomic mass is 19.1. The number of hydrogen-bond donors (Lipinski definition) is 2. The second-order valence-electron chi connectivity index (χ2n) is 8.79. The molecule has 5 rings (SSSR count). The minimum atomic E-state index is -0.441. The van der Waals surface area contributed by atoms with Crippen LogP contribution in [0.1, 0.15) is 23.1 Å². The molecule has 0 saturated carbocycles. The molecule has 1 saturated heterocycles. The number of anilines is 2. The van der Waals surface area contributed by atoms with Crippen LogP contribution >= 0.6 is 0 Å². The van der Waals surface area contributed by atoms with Gasteiger partial charge in [0.25, 0.3) is 5.91 Å². The number of fused-ring (bicyclic) bond motifs is 1. The summed E-state index contributed by atoms with van der Waals surface area (Å²) in [5.41, 5.74) is 2.84. The van der Waals surface area contributed by atoms with E-state index >= 15 is 0 Å². The normalized spacial score (nSPS) is 13.8. The van der Waals surface area contributed by atoms with E-state index in [0.29, 0.717) is 17.2 Å². The van der Waals surface area contributed by atoms with Crippen molar-refractivity contribution in [2.45, 2.75) is 13.8 Å². The highest BCUT2D eigenvalue weighted by Gasteiger charge is 2.20. The Morgan fingerprint density at radius 3 is 2.29 bits per heavy atom. The van der Waals surface area contributed by atoms with E-state index in [-0.39, 0.29) is 17.3 Å². The maximum Gasteiger partial charge on any atom is 0.274 e. The molecule has 178 valence electrons. The van der Waals surface area contributed by atoms with E-state index in [1.165, 1.54) is 10.7 Å². The monoisotopic (exact) mass is 470 g/mol. The molecule has 3 aromatic carbocycles. The third kappa shape index (κ3) is 4.59. The Labute approximate surface area is 203 Å². The lowest BCUT2D eigenvalue weighted by Gasteiger charge is -2.36. The molecule has 2 N–H and O–H groups in total. The molecule has 35 heavy (non-hydrogen) atoms. The fourth-order valence-electron chi connectivity index (χ4n) is 4.46. The summed E-state index contributed by atoms with van der Waals surface area (Å²) >= 11 is 0. The van der Waals surface area contributed by atoms with Crippen molar-refractivity contribution in [2.24, 2.45) is 0 Å². The lowest BCUT2D eigenvalue weighted by molar-refractivity contribution is 0.101. The maximum atomic E-state index is 15.0. The van der Waals surface area contributed by atoms with Gasteiger partial charge in [-0.1, -0.05) is 24.3 Å². The van der Waals surface area contributed by atoms with Gasteiger partial charge in [0, 0.05) is 37.6 Å². The van der Waals surface area contributed by atoms with Crippen LogP contribution in [-0.4, -0.2) is 52.6 Å². The van der Waals surface area contributed by atoms with E-state index < -0.39 is 5.82 Å². The Morgan fingerprint density at radius 2 is 1.63 bits per heavy atom. The summed E-state index contributed by atoms with van der Waals surface area (Å²) in [6.45, 7) is 6.93. The number of hydrogen-bond acceptors (Lipinski definition) is 4. The van der Waals surface area contributed by atoms with Crippen molar-refractivity contribution in [3.8, 4) is 5.69 Å².